The van der Waals surface area contributed by atoms with Crippen LogP contribution in [0.4, 0.5) is 28.8 Å². The number of rotatable bonds is 5. The van der Waals surface area contributed by atoms with Gasteiger partial charge in [-0.2, -0.15) is 4.98 Å². The van der Waals surface area contributed by atoms with Crippen molar-refractivity contribution in [2.75, 3.05) is 28.6 Å². The number of hydrogen-bond acceptors (Lipinski definition) is 5. The highest BCUT2D eigenvalue weighted by Gasteiger charge is 2.11. The van der Waals surface area contributed by atoms with Crippen molar-refractivity contribution in [2.45, 2.75) is 12.8 Å². The molecule has 0 bridgehead atoms. The van der Waals surface area contributed by atoms with E-state index < -0.39 is 0 Å². The summed E-state index contributed by atoms with van der Waals surface area (Å²) in [5, 5.41) is 7.16. The molecule has 26 heavy (non-hydrogen) atoms. The van der Waals surface area contributed by atoms with Crippen molar-refractivity contribution in [3.8, 4) is 0 Å². The van der Waals surface area contributed by atoms with E-state index in [9.17, 15) is 0 Å². The Hall–Kier alpha value is -2.79. The zero-order valence-corrected chi connectivity index (χ0v) is 15.1. The Kier molecular flexibility index (Phi) is 4.88. The van der Waals surface area contributed by atoms with Crippen LogP contribution in [0.25, 0.3) is 0 Å². The van der Waals surface area contributed by atoms with E-state index in [-0.39, 0.29) is 0 Å². The zero-order chi connectivity index (χ0) is 17.8. The summed E-state index contributed by atoms with van der Waals surface area (Å²) in [7, 11) is 0. The van der Waals surface area contributed by atoms with Crippen LogP contribution in [0.1, 0.15) is 12.8 Å². The van der Waals surface area contributed by atoms with Gasteiger partial charge in [0.15, 0.2) is 0 Å². The average Bonchev–Trinajstić information content (AvgIpc) is 3.17. The molecule has 5 nitrogen and oxygen atoms in total. The van der Waals surface area contributed by atoms with E-state index in [1.54, 1.807) is 6.20 Å². The van der Waals surface area contributed by atoms with Gasteiger partial charge in [0.25, 0.3) is 0 Å². The largest absolute Gasteiger partial charge is 0.372 e. The first kappa shape index (κ1) is 16.7. The summed E-state index contributed by atoms with van der Waals surface area (Å²) in [6.07, 6.45) is 4.29. The molecule has 0 aliphatic carbocycles. The van der Waals surface area contributed by atoms with E-state index in [0.717, 1.165) is 30.3 Å². The van der Waals surface area contributed by atoms with E-state index in [4.69, 9.17) is 11.6 Å². The highest BCUT2D eigenvalue weighted by Crippen LogP contribution is 2.24. The third kappa shape index (κ3) is 4.06. The maximum absolute atomic E-state index is 6.01. The molecule has 0 radical (unpaired) electrons. The molecule has 6 heteroatoms. The molecule has 1 fully saturated rings. The lowest BCUT2D eigenvalue weighted by Crippen LogP contribution is -2.17. The number of halogens is 1. The van der Waals surface area contributed by atoms with Crippen LogP contribution in [0.3, 0.4) is 0 Å². The summed E-state index contributed by atoms with van der Waals surface area (Å²) in [5.74, 6) is 1.25. The van der Waals surface area contributed by atoms with Gasteiger partial charge in [0.1, 0.15) is 5.82 Å². The molecule has 0 amide bonds. The molecule has 0 saturated carbocycles. The van der Waals surface area contributed by atoms with Crippen molar-refractivity contribution in [2.24, 2.45) is 0 Å². The Morgan fingerprint density at radius 1 is 0.885 bits per heavy atom. The molecule has 1 saturated heterocycles. The van der Waals surface area contributed by atoms with Gasteiger partial charge in [0, 0.05) is 41.4 Å². The second-order valence-corrected chi connectivity index (χ2v) is 6.70. The summed E-state index contributed by atoms with van der Waals surface area (Å²) in [5.41, 5.74) is 3.13. The minimum atomic E-state index is 0.519. The van der Waals surface area contributed by atoms with E-state index >= 15 is 0 Å². The van der Waals surface area contributed by atoms with Crippen LogP contribution >= 0.6 is 11.6 Å². The van der Waals surface area contributed by atoms with Crippen molar-refractivity contribution in [1.82, 2.24) is 9.97 Å². The van der Waals surface area contributed by atoms with Crippen molar-refractivity contribution >= 4 is 40.4 Å². The lowest BCUT2D eigenvalue weighted by Gasteiger charge is -2.18. The van der Waals surface area contributed by atoms with Crippen LogP contribution in [0.15, 0.2) is 60.8 Å². The number of hydrogen-bond donors (Lipinski definition) is 2. The van der Waals surface area contributed by atoms with Crippen LogP contribution in [0.2, 0.25) is 5.02 Å². The summed E-state index contributed by atoms with van der Waals surface area (Å²) < 4.78 is 0. The molecule has 2 heterocycles. The molecule has 4 rings (SSSR count). The van der Waals surface area contributed by atoms with Crippen LogP contribution in [0, 0.1) is 0 Å². The van der Waals surface area contributed by atoms with E-state index in [1.807, 2.05) is 30.3 Å². The highest BCUT2D eigenvalue weighted by atomic mass is 35.5. The first-order valence-electron chi connectivity index (χ1n) is 8.74. The summed E-state index contributed by atoms with van der Waals surface area (Å²) >= 11 is 6.01. The molecule has 3 aromatic rings. The minimum absolute atomic E-state index is 0.519. The lowest BCUT2D eigenvalue weighted by molar-refractivity contribution is 0.949. The molecular formula is C20H20ClN5. The van der Waals surface area contributed by atoms with Crippen molar-refractivity contribution in [3.63, 3.8) is 0 Å². The standard InChI is InChI=1S/C20H20ClN5/c21-15-4-3-5-17(14-15)24-20-22-11-10-19(25-20)23-16-6-8-18(9-7-16)26-12-1-2-13-26/h3-11,14H,1-2,12-13H2,(H2,22,23,24,25). The molecule has 1 aliphatic rings. The van der Waals surface area contributed by atoms with Crippen LogP contribution in [0.5, 0.6) is 0 Å². The zero-order valence-electron chi connectivity index (χ0n) is 14.3. The fourth-order valence-corrected chi connectivity index (χ4v) is 3.25. The summed E-state index contributed by atoms with van der Waals surface area (Å²) in [6.45, 7) is 2.30. The van der Waals surface area contributed by atoms with Gasteiger partial charge in [-0.25, -0.2) is 4.98 Å². The van der Waals surface area contributed by atoms with Crippen LogP contribution in [-0.4, -0.2) is 23.1 Å². The fraction of sp³-hybridized carbons (Fsp3) is 0.200. The molecule has 1 aromatic heterocycles. The van der Waals surface area contributed by atoms with E-state index in [0.29, 0.717) is 11.0 Å². The first-order chi connectivity index (χ1) is 12.8. The number of nitrogens with one attached hydrogen (secondary N) is 2. The highest BCUT2D eigenvalue weighted by molar-refractivity contribution is 6.30. The van der Waals surface area contributed by atoms with Gasteiger partial charge in [-0.1, -0.05) is 17.7 Å². The molecule has 0 atom stereocenters. The third-order valence-corrected chi connectivity index (χ3v) is 4.58. The van der Waals surface area contributed by atoms with E-state index in [1.165, 1.54) is 18.5 Å². The van der Waals surface area contributed by atoms with Crippen molar-refractivity contribution in [3.05, 3.63) is 65.8 Å². The lowest BCUT2D eigenvalue weighted by atomic mass is 10.2. The van der Waals surface area contributed by atoms with E-state index in [2.05, 4.69) is 49.8 Å². The van der Waals surface area contributed by atoms with Gasteiger partial charge in [0.2, 0.25) is 5.95 Å². The molecule has 0 unspecified atom stereocenters. The molecule has 2 N–H and O–H groups in total. The maximum atomic E-state index is 6.01. The topological polar surface area (TPSA) is 53.1 Å². The van der Waals surface area contributed by atoms with Gasteiger partial charge < -0.3 is 15.5 Å². The van der Waals surface area contributed by atoms with Crippen LogP contribution in [-0.2, 0) is 0 Å². The number of benzene rings is 2. The Morgan fingerprint density at radius 2 is 1.69 bits per heavy atom. The molecule has 2 aromatic carbocycles. The van der Waals surface area contributed by atoms with Gasteiger partial charge in [-0.05, 0) is 61.4 Å². The quantitative estimate of drug-likeness (QED) is 0.649. The predicted molar refractivity (Wildman–Crippen MR) is 108 cm³/mol. The minimum Gasteiger partial charge on any atom is -0.372 e. The summed E-state index contributed by atoms with van der Waals surface area (Å²) in [4.78, 5) is 11.2. The monoisotopic (exact) mass is 365 g/mol. The Morgan fingerprint density at radius 3 is 2.46 bits per heavy atom. The summed E-state index contributed by atoms with van der Waals surface area (Å²) in [6, 6.07) is 17.8. The Balaban J connectivity index is 1.45. The Bertz CT molecular complexity index is 875. The van der Waals surface area contributed by atoms with Crippen LogP contribution < -0.4 is 15.5 Å². The first-order valence-corrected chi connectivity index (χ1v) is 9.12. The normalized spacial score (nSPS) is 13.7. The van der Waals surface area contributed by atoms with Gasteiger partial charge >= 0.3 is 0 Å². The Labute approximate surface area is 158 Å². The average molecular weight is 366 g/mol. The molecular weight excluding hydrogens is 346 g/mol. The number of aromatic nitrogens is 2. The smallest absolute Gasteiger partial charge is 0.229 e. The van der Waals surface area contributed by atoms with Gasteiger partial charge in [-0.15, -0.1) is 0 Å². The molecule has 1 aliphatic heterocycles. The fourth-order valence-electron chi connectivity index (χ4n) is 3.06. The second kappa shape index (κ2) is 7.62. The van der Waals surface area contributed by atoms with Gasteiger partial charge in [0.05, 0.1) is 0 Å². The maximum Gasteiger partial charge on any atom is 0.229 e. The number of anilines is 5. The molecule has 0 spiro atoms. The third-order valence-electron chi connectivity index (χ3n) is 4.35. The molecule has 132 valence electrons. The predicted octanol–water partition coefficient (Wildman–Crippen LogP) is 5.22. The SMILES string of the molecule is Clc1cccc(Nc2nccc(Nc3ccc(N4CCCC4)cc3)n2)c1. The van der Waals surface area contributed by atoms with Crippen molar-refractivity contribution < 1.29 is 0 Å². The van der Waals surface area contributed by atoms with Gasteiger partial charge in [-0.3, -0.25) is 0 Å². The number of nitrogens with zero attached hydrogens (tertiary/aromatic N) is 3. The second-order valence-electron chi connectivity index (χ2n) is 6.27. The van der Waals surface area contributed by atoms with Crippen molar-refractivity contribution in [1.29, 1.82) is 0 Å².